The molecule has 1 unspecified atom stereocenters. The third-order valence-electron chi connectivity index (χ3n) is 5.22. The molecule has 1 aromatic heterocycles. The highest BCUT2D eigenvalue weighted by Crippen LogP contribution is 2.39. The van der Waals surface area contributed by atoms with E-state index in [1.807, 2.05) is 6.92 Å². The van der Waals surface area contributed by atoms with E-state index in [0.29, 0.717) is 17.4 Å². The van der Waals surface area contributed by atoms with E-state index in [1.54, 1.807) is 12.1 Å². The second-order valence-corrected chi connectivity index (χ2v) is 8.45. The van der Waals surface area contributed by atoms with Crippen molar-refractivity contribution in [2.75, 3.05) is 13.2 Å². The summed E-state index contributed by atoms with van der Waals surface area (Å²) in [4.78, 5) is 18.2. The lowest BCUT2D eigenvalue weighted by molar-refractivity contribution is 0.0803. The first-order chi connectivity index (χ1) is 12.5. The zero-order chi connectivity index (χ0) is 18.1. The predicted octanol–water partition coefficient (Wildman–Crippen LogP) is 3.99. The fraction of sp³-hybridized carbons (Fsp3) is 0.500. The van der Waals surface area contributed by atoms with E-state index in [0.717, 1.165) is 55.0 Å². The van der Waals surface area contributed by atoms with Gasteiger partial charge in [0.15, 0.2) is 0 Å². The van der Waals surface area contributed by atoms with Gasteiger partial charge in [0.2, 0.25) is 0 Å². The molecule has 138 valence electrons. The summed E-state index contributed by atoms with van der Waals surface area (Å²) in [6.45, 7) is 3.42. The third-order valence-corrected chi connectivity index (χ3v) is 6.54. The summed E-state index contributed by atoms with van der Waals surface area (Å²) in [7, 11) is 0. The number of thiazole rings is 1. The summed E-state index contributed by atoms with van der Waals surface area (Å²) >= 11 is 1.50. The van der Waals surface area contributed by atoms with Crippen molar-refractivity contribution < 1.29 is 13.9 Å². The highest BCUT2D eigenvalue weighted by Gasteiger charge is 2.44. The molecule has 2 heterocycles. The highest BCUT2D eigenvalue weighted by atomic mass is 32.1. The lowest BCUT2D eigenvalue weighted by Crippen LogP contribution is -2.38. The average molecular weight is 374 g/mol. The first-order valence-corrected chi connectivity index (χ1v) is 9.98. The first-order valence-electron chi connectivity index (χ1n) is 9.17. The molecule has 0 spiro atoms. The average Bonchev–Trinajstić information content (AvgIpc) is 3.27. The number of carbonyl (C=O) groups is 1. The number of hydrogen-bond acceptors (Lipinski definition) is 4. The Morgan fingerprint density at radius 3 is 2.81 bits per heavy atom. The van der Waals surface area contributed by atoms with Gasteiger partial charge in [0.25, 0.3) is 5.91 Å². The van der Waals surface area contributed by atoms with Gasteiger partial charge in [-0.15, -0.1) is 11.3 Å². The Bertz CT molecular complexity index is 793. The van der Waals surface area contributed by atoms with Crippen LogP contribution in [0.3, 0.4) is 0 Å². The molecule has 1 aliphatic carbocycles. The lowest BCUT2D eigenvalue weighted by Gasteiger charge is -2.19. The molecule has 4 rings (SSSR count). The molecular formula is C20H23FN2O2S. The van der Waals surface area contributed by atoms with Crippen LogP contribution in [-0.4, -0.2) is 29.6 Å². The quantitative estimate of drug-likeness (QED) is 0.861. The van der Waals surface area contributed by atoms with E-state index in [1.165, 1.54) is 23.5 Å². The Labute approximate surface area is 156 Å². The maximum absolute atomic E-state index is 13.1. The van der Waals surface area contributed by atoms with E-state index in [4.69, 9.17) is 4.74 Å². The number of nitrogens with zero attached hydrogens (tertiary/aromatic N) is 1. The zero-order valence-corrected chi connectivity index (χ0v) is 15.7. The van der Waals surface area contributed by atoms with Crippen molar-refractivity contribution in [3.8, 4) is 0 Å². The summed E-state index contributed by atoms with van der Waals surface area (Å²) in [5.74, 6) is 0.0350. The Balaban J connectivity index is 1.44. The van der Waals surface area contributed by atoms with Crippen LogP contribution in [0, 0.1) is 12.7 Å². The highest BCUT2D eigenvalue weighted by molar-refractivity contribution is 7.13. The number of nitrogens with one attached hydrogen (secondary N) is 1. The minimum Gasteiger partial charge on any atom is -0.381 e. The van der Waals surface area contributed by atoms with Gasteiger partial charge in [-0.3, -0.25) is 4.79 Å². The van der Waals surface area contributed by atoms with Gasteiger partial charge in [0, 0.05) is 18.1 Å². The van der Waals surface area contributed by atoms with E-state index < -0.39 is 0 Å². The van der Waals surface area contributed by atoms with Gasteiger partial charge in [0.1, 0.15) is 10.7 Å². The minimum atomic E-state index is -0.234. The van der Waals surface area contributed by atoms with Gasteiger partial charge in [0.05, 0.1) is 17.3 Å². The monoisotopic (exact) mass is 374 g/mol. The summed E-state index contributed by atoms with van der Waals surface area (Å²) in [6.07, 6.45) is 4.77. The van der Waals surface area contributed by atoms with Gasteiger partial charge in [-0.05, 0) is 56.7 Å². The standard InChI is InChI=1S/C20H23FN2O2S/c1-13-17(26-19(22-13)15-3-2-10-25-12-15)18(24)23-20(8-9-20)11-14-4-6-16(21)7-5-14/h4-7,15H,2-3,8-12H2,1H3,(H,23,24). The maximum Gasteiger partial charge on any atom is 0.263 e. The number of rotatable bonds is 5. The number of amides is 1. The molecular weight excluding hydrogens is 351 g/mol. The van der Waals surface area contributed by atoms with E-state index >= 15 is 0 Å². The van der Waals surface area contributed by atoms with Crippen LogP contribution in [0.4, 0.5) is 4.39 Å². The largest absolute Gasteiger partial charge is 0.381 e. The van der Waals surface area contributed by atoms with Gasteiger partial charge in [-0.25, -0.2) is 9.37 Å². The molecule has 1 amide bonds. The van der Waals surface area contributed by atoms with Crippen LogP contribution in [0.2, 0.25) is 0 Å². The Morgan fingerprint density at radius 1 is 1.38 bits per heavy atom. The molecule has 1 saturated carbocycles. The van der Waals surface area contributed by atoms with Crippen molar-refractivity contribution >= 4 is 17.2 Å². The number of carbonyl (C=O) groups excluding carboxylic acids is 1. The molecule has 2 aliphatic rings. The SMILES string of the molecule is Cc1nc(C2CCCOC2)sc1C(=O)NC1(Cc2ccc(F)cc2)CC1. The molecule has 0 bridgehead atoms. The number of halogens is 1. The summed E-state index contributed by atoms with van der Waals surface area (Å²) in [5, 5.41) is 4.22. The molecule has 4 nitrogen and oxygen atoms in total. The molecule has 1 atom stereocenters. The number of hydrogen-bond donors (Lipinski definition) is 1. The number of aromatic nitrogens is 1. The molecule has 1 aliphatic heterocycles. The van der Waals surface area contributed by atoms with Crippen LogP contribution >= 0.6 is 11.3 Å². The molecule has 2 aromatic rings. The van der Waals surface area contributed by atoms with Crippen molar-refractivity contribution in [3.63, 3.8) is 0 Å². The number of ether oxygens (including phenoxy) is 1. The van der Waals surface area contributed by atoms with Gasteiger partial charge in [-0.2, -0.15) is 0 Å². The number of aryl methyl sites for hydroxylation is 1. The van der Waals surface area contributed by atoms with Crippen LogP contribution < -0.4 is 5.32 Å². The van der Waals surface area contributed by atoms with Crippen molar-refractivity contribution in [2.45, 2.75) is 50.5 Å². The zero-order valence-electron chi connectivity index (χ0n) is 14.9. The molecule has 1 aromatic carbocycles. The van der Waals surface area contributed by atoms with Crippen LogP contribution in [-0.2, 0) is 11.2 Å². The minimum absolute atomic E-state index is 0.0393. The second-order valence-electron chi connectivity index (χ2n) is 7.42. The Kier molecular flexibility index (Phi) is 4.80. The maximum atomic E-state index is 13.1. The van der Waals surface area contributed by atoms with Crippen LogP contribution in [0.15, 0.2) is 24.3 Å². The lowest BCUT2D eigenvalue weighted by atomic mass is 10.0. The smallest absolute Gasteiger partial charge is 0.263 e. The predicted molar refractivity (Wildman–Crippen MR) is 99.2 cm³/mol. The molecule has 2 fully saturated rings. The molecule has 6 heteroatoms. The summed E-state index contributed by atoms with van der Waals surface area (Å²) in [6, 6.07) is 6.53. The number of benzene rings is 1. The second kappa shape index (κ2) is 7.08. The van der Waals surface area contributed by atoms with Crippen LogP contribution in [0.5, 0.6) is 0 Å². The fourth-order valence-electron chi connectivity index (χ4n) is 3.53. The topological polar surface area (TPSA) is 51.2 Å². The van der Waals surface area contributed by atoms with E-state index in [2.05, 4.69) is 10.3 Å². The summed E-state index contributed by atoms with van der Waals surface area (Å²) in [5.41, 5.74) is 1.65. The fourth-order valence-corrected chi connectivity index (χ4v) is 4.61. The molecule has 0 radical (unpaired) electrons. The van der Waals surface area contributed by atoms with Crippen molar-refractivity contribution in [3.05, 3.63) is 51.2 Å². The van der Waals surface area contributed by atoms with Gasteiger partial charge < -0.3 is 10.1 Å². The van der Waals surface area contributed by atoms with Crippen molar-refractivity contribution in [2.24, 2.45) is 0 Å². The van der Waals surface area contributed by atoms with Gasteiger partial charge in [-0.1, -0.05) is 12.1 Å². The van der Waals surface area contributed by atoms with Crippen molar-refractivity contribution in [1.29, 1.82) is 0 Å². The Hall–Kier alpha value is -1.79. The van der Waals surface area contributed by atoms with Crippen molar-refractivity contribution in [1.82, 2.24) is 10.3 Å². The van der Waals surface area contributed by atoms with Crippen LogP contribution in [0.1, 0.15) is 57.5 Å². The van der Waals surface area contributed by atoms with E-state index in [9.17, 15) is 9.18 Å². The van der Waals surface area contributed by atoms with Gasteiger partial charge >= 0.3 is 0 Å². The Morgan fingerprint density at radius 2 is 2.15 bits per heavy atom. The molecule has 1 saturated heterocycles. The summed E-state index contributed by atoms with van der Waals surface area (Å²) < 4.78 is 18.6. The van der Waals surface area contributed by atoms with E-state index in [-0.39, 0.29) is 17.3 Å². The third kappa shape index (κ3) is 3.81. The van der Waals surface area contributed by atoms with Crippen LogP contribution in [0.25, 0.3) is 0 Å². The normalized spacial score (nSPS) is 21.4. The molecule has 1 N–H and O–H groups in total. The molecule has 26 heavy (non-hydrogen) atoms. The first kappa shape index (κ1) is 17.6.